The number of nitro groups is 1. The second-order valence-electron chi connectivity index (χ2n) is 5.32. The van der Waals surface area contributed by atoms with E-state index in [9.17, 15) is 14.9 Å². The van der Waals surface area contributed by atoms with Crippen molar-refractivity contribution in [2.75, 3.05) is 12.3 Å². The summed E-state index contributed by atoms with van der Waals surface area (Å²) >= 11 is 0. The van der Waals surface area contributed by atoms with Gasteiger partial charge in [0.15, 0.2) is 0 Å². The Hall–Kier alpha value is -3.09. The molecule has 3 rings (SSSR count). The molecule has 0 aromatic heterocycles. The first-order chi connectivity index (χ1) is 11.0. The van der Waals surface area contributed by atoms with Gasteiger partial charge in [0.2, 0.25) is 0 Å². The quantitative estimate of drug-likeness (QED) is 0.511. The number of nitrogens with zero attached hydrogens (tertiary/aromatic N) is 1. The maximum absolute atomic E-state index is 12.4. The molecule has 118 valence electrons. The highest BCUT2D eigenvalue weighted by molar-refractivity contribution is 6.00. The van der Waals surface area contributed by atoms with Gasteiger partial charge in [0.25, 0.3) is 11.6 Å². The van der Waals surface area contributed by atoms with Crippen LogP contribution in [-0.2, 0) is 6.42 Å². The van der Waals surface area contributed by atoms with Crippen molar-refractivity contribution in [2.45, 2.75) is 12.5 Å². The summed E-state index contributed by atoms with van der Waals surface area (Å²) in [5.41, 5.74) is 6.89. The van der Waals surface area contributed by atoms with E-state index in [1.54, 1.807) is 0 Å². The van der Waals surface area contributed by atoms with Crippen LogP contribution in [0.25, 0.3) is 0 Å². The Morgan fingerprint density at radius 2 is 2.09 bits per heavy atom. The SMILES string of the molecule is Nc1ccc([N+](=O)[O-])cc1C(=O)N[C@@H]1COc2ccccc2C1. The van der Waals surface area contributed by atoms with Crippen molar-refractivity contribution >= 4 is 17.3 Å². The Balaban J connectivity index is 1.75. The molecule has 3 N–H and O–H groups in total. The number of amides is 1. The molecule has 0 radical (unpaired) electrons. The maximum atomic E-state index is 12.4. The fourth-order valence-corrected chi connectivity index (χ4v) is 2.54. The van der Waals surface area contributed by atoms with Gasteiger partial charge in [0, 0.05) is 17.8 Å². The second kappa shape index (κ2) is 5.96. The zero-order valence-corrected chi connectivity index (χ0v) is 12.2. The predicted molar refractivity (Wildman–Crippen MR) is 84.4 cm³/mol. The monoisotopic (exact) mass is 313 g/mol. The maximum Gasteiger partial charge on any atom is 0.270 e. The Morgan fingerprint density at radius 1 is 1.30 bits per heavy atom. The van der Waals surface area contributed by atoms with E-state index in [0.717, 1.165) is 11.3 Å². The van der Waals surface area contributed by atoms with E-state index in [2.05, 4.69) is 5.32 Å². The zero-order valence-electron chi connectivity index (χ0n) is 12.2. The first-order valence-corrected chi connectivity index (χ1v) is 7.10. The van der Waals surface area contributed by atoms with Crippen LogP contribution in [0, 0.1) is 10.1 Å². The number of non-ortho nitro benzene ring substituents is 1. The number of nitro benzene ring substituents is 1. The number of anilines is 1. The lowest BCUT2D eigenvalue weighted by molar-refractivity contribution is -0.384. The lowest BCUT2D eigenvalue weighted by Crippen LogP contribution is -2.42. The third-order valence-electron chi connectivity index (χ3n) is 3.71. The molecule has 0 bridgehead atoms. The van der Waals surface area contributed by atoms with Gasteiger partial charge in [-0.15, -0.1) is 0 Å². The van der Waals surface area contributed by atoms with Crippen molar-refractivity contribution < 1.29 is 14.5 Å². The molecule has 0 unspecified atom stereocenters. The average molecular weight is 313 g/mol. The van der Waals surface area contributed by atoms with Crippen molar-refractivity contribution in [1.29, 1.82) is 0 Å². The van der Waals surface area contributed by atoms with Crippen LogP contribution in [0.5, 0.6) is 5.75 Å². The number of carbonyl (C=O) groups excluding carboxylic acids is 1. The van der Waals surface area contributed by atoms with E-state index < -0.39 is 10.8 Å². The third kappa shape index (κ3) is 3.08. The number of rotatable bonds is 3. The molecular formula is C16H15N3O4. The Bertz CT molecular complexity index is 776. The number of nitrogens with two attached hydrogens (primary N) is 1. The summed E-state index contributed by atoms with van der Waals surface area (Å²) in [6.45, 7) is 0.345. The first-order valence-electron chi connectivity index (χ1n) is 7.10. The van der Waals surface area contributed by atoms with E-state index in [4.69, 9.17) is 10.5 Å². The summed E-state index contributed by atoms with van der Waals surface area (Å²) in [6.07, 6.45) is 0.636. The molecule has 1 amide bonds. The molecule has 7 nitrogen and oxygen atoms in total. The highest BCUT2D eigenvalue weighted by Gasteiger charge is 2.23. The fourth-order valence-electron chi connectivity index (χ4n) is 2.54. The van der Waals surface area contributed by atoms with Gasteiger partial charge in [-0.05, 0) is 24.1 Å². The van der Waals surface area contributed by atoms with Gasteiger partial charge in [-0.25, -0.2) is 0 Å². The molecule has 2 aromatic carbocycles. The molecule has 2 aromatic rings. The number of hydrogen-bond acceptors (Lipinski definition) is 5. The zero-order chi connectivity index (χ0) is 16.4. The molecule has 23 heavy (non-hydrogen) atoms. The highest BCUT2D eigenvalue weighted by atomic mass is 16.6. The summed E-state index contributed by atoms with van der Waals surface area (Å²) < 4.78 is 5.61. The van der Waals surface area contributed by atoms with Crippen molar-refractivity contribution in [2.24, 2.45) is 0 Å². The van der Waals surface area contributed by atoms with Crippen molar-refractivity contribution in [3.05, 3.63) is 63.7 Å². The Labute approximate surface area is 132 Å². The molecule has 0 fully saturated rings. The molecule has 0 aliphatic carbocycles. The molecule has 7 heteroatoms. The van der Waals surface area contributed by atoms with Crippen LogP contribution in [0.3, 0.4) is 0 Å². The number of hydrogen-bond donors (Lipinski definition) is 2. The van der Waals surface area contributed by atoms with Crippen LogP contribution in [0.1, 0.15) is 15.9 Å². The fraction of sp³-hybridized carbons (Fsp3) is 0.188. The normalized spacial score (nSPS) is 16.1. The molecular weight excluding hydrogens is 298 g/mol. The van der Waals surface area contributed by atoms with Crippen molar-refractivity contribution in [3.8, 4) is 5.75 Å². The standard InChI is InChI=1S/C16H15N3O4/c17-14-6-5-12(19(21)22)8-13(14)16(20)18-11-7-10-3-1-2-4-15(10)23-9-11/h1-6,8,11H,7,9,17H2,(H,18,20)/t11-/m0/s1. The van der Waals surface area contributed by atoms with Crippen LogP contribution in [0.4, 0.5) is 11.4 Å². The summed E-state index contributed by atoms with van der Waals surface area (Å²) in [5.74, 6) is 0.368. The van der Waals surface area contributed by atoms with Crippen LogP contribution in [0.2, 0.25) is 0 Å². The Kier molecular flexibility index (Phi) is 3.84. The molecule has 0 saturated carbocycles. The second-order valence-corrected chi connectivity index (χ2v) is 5.32. The van der Waals surface area contributed by atoms with Gasteiger partial charge in [0.1, 0.15) is 12.4 Å². The van der Waals surface area contributed by atoms with E-state index in [1.807, 2.05) is 24.3 Å². The van der Waals surface area contributed by atoms with Gasteiger partial charge in [-0.2, -0.15) is 0 Å². The number of carbonyl (C=O) groups is 1. The number of nitrogen functional groups attached to an aromatic ring is 1. The molecule has 1 aliphatic heterocycles. The molecule has 0 spiro atoms. The number of nitrogens with one attached hydrogen (secondary N) is 1. The third-order valence-corrected chi connectivity index (χ3v) is 3.71. The lowest BCUT2D eigenvalue weighted by Gasteiger charge is -2.26. The first kappa shape index (κ1) is 14.8. The lowest BCUT2D eigenvalue weighted by atomic mass is 10.0. The molecule has 1 aliphatic rings. The Morgan fingerprint density at radius 3 is 2.87 bits per heavy atom. The van der Waals surface area contributed by atoms with Crippen LogP contribution >= 0.6 is 0 Å². The number of benzene rings is 2. The van der Waals surface area contributed by atoms with Crippen LogP contribution < -0.4 is 15.8 Å². The topological polar surface area (TPSA) is 107 Å². The van der Waals surface area contributed by atoms with Gasteiger partial charge in [-0.3, -0.25) is 14.9 Å². The smallest absolute Gasteiger partial charge is 0.270 e. The van der Waals surface area contributed by atoms with E-state index >= 15 is 0 Å². The minimum Gasteiger partial charge on any atom is -0.491 e. The summed E-state index contributed by atoms with van der Waals surface area (Å²) in [6, 6.07) is 11.2. The van der Waals surface area contributed by atoms with Gasteiger partial charge in [-0.1, -0.05) is 18.2 Å². The summed E-state index contributed by atoms with van der Waals surface area (Å²) in [5, 5.41) is 13.6. The van der Waals surface area contributed by atoms with E-state index in [0.29, 0.717) is 13.0 Å². The molecule has 1 heterocycles. The van der Waals surface area contributed by atoms with Crippen molar-refractivity contribution in [3.63, 3.8) is 0 Å². The number of ether oxygens (including phenoxy) is 1. The molecule has 1 atom stereocenters. The number of fused-ring (bicyclic) bond motifs is 1. The summed E-state index contributed by atoms with van der Waals surface area (Å²) in [7, 11) is 0. The predicted octanol–water partition coefficient (Wildman–Crippen LogP) is 1.91. The van der Waals surface area contributed by atoms with Gasteiger partial charge >= 0.3 is 0 Å². The highest BCUT2D eigenvalue weighted by Crippen LogP contribution is 2.25. The molecule has 0 saturated heterocycles. The van der Waals surface area contributed by atoms with Crippen LogP contribution in [0.15, 0.2) is 42.5 Å². The largest absolute Gasteiger partial charge is 0.491 e. The summed E-state index contributed by atoms with van der Waals surface area (Å²) in [4.78, 5) is 22.6. The van der Waals surface area contributed by atoms with E-state index in [-0.39, 0.29) is 23.0 Å². The van der Waals surface area contributed by atoms with Crippen LogP contribution in [-0.4, -0.2) is 23.5 Å². The minimum absolute atomic E-state index is 0.0954. The number of para-hydroxylation sites is 1. The van der Waals surface area contributed by atoms with Gasteiger partial charge in [0.05, 0.1) is 16.5 Å². The van der Waals surface area contributed by atoms with E-state index in [1.165, 1.54) is 18.2 Å². The van der Waals surface area contributed by atoms with Crippen molar-refractivity contribution in [1.82, 2.24) is 5.32 Å². The minimum atomic E-state index is -0.559. The average Bonchev–Trinajstić information content (AvgIpc) is 2.54. The van der Waals surface area contributed by atoms with Gasteiger partial charge < -0.3 is 15.8 Å².